The summed E-state index contributed by atoms with van der Waals surface area (Å²) >= 11 is 8.03. The van der Waals surface area contributed by atoms with E-state index in [1.165, 1.54) is 12.3 Å². The minimum Gasteiger partial charge on any atom is -0.494 e. The number of aromatic nitrogens is 4. The Morgan fingerprint density at radius 1 is 1.07 bits per heavy atom. The Morgan fingerprint density at radius 2 is 1.85 bits per heavy atom. The number of nitrogens with one attached hydrogen (secondary N) is 3. The molecule has 0 aliphatic heterocycles. The number of fused-ring (bicyclic) bond motifs is 1. The van der Waals surface area contributed by atoms with Crippen molar-refractivity contribution in [2.45, 2.75) is 4.90 Å². The molecule has 0 radical (unpaired) electrons. The summed E-state index contributed by atoms with van der Waals surface area (Å²) in [7, 11) is 7.55. The maximum atomic E-state index is 12.3. The fourth-order valence-electron chi connectivity index (χ4n) is 3.99. The molecule has 2 heterocycles. The zero-order chi connectivity index (χ0) is 29.5. The van der Waals surface area contributed by atoms with Crippen LogP contribution in [0.4, 0.5) is 34.5 Å². The predicted molar refractivity (Wildman–Crippen MR) is 169 cm³/mol. The van der Waals surface area contributed by atoms with E-state index in [2.05, 4.69) is 47.4 Å². The van der Waals surface area contributed by atoms with Gasteiger partial charge in [-0.25, -0.2) is 4.98 Å². The number of halogens is 1. The number of hydrogen-bond donors (Lipinski definition) is 3. The molecule has 0 saturated carbocycles. The lowest BCUT2D eigenvalue weighted by molar-refractivity contribution is -0.111. The van der Waals surface area contributed by atoms with Gasteiger partial charge in [-0.2, -0.15) is 4.98 Å². The van der Waals surface area contributed by atoms with Crippen LogP contribution in [0.25, 0.3) is 11.0 Å². The van der Waals surface area contributed by atoms with Crippen molar-refractivity contribution in [3.05, 3.63) is 60.5 Å². The Bertz CT molecular complexity index is 1570. The molecule has 214 valence electrons. The van der Waals surface area contributed by atoms with E-state index in [9.17, 15) is 4.79 Å². The molecule has 0 aliphatic rings. The maximum absolute atomic E-state index is 12.3. The molecule has 2 aromatic carbocycles. The second-order valence-corrected chi connectivity index (χ2v) is 10.4. The predicted octanol–water partition coefficient (Wildman–Crippen LogP) is 5.41. The number of likely N-dealkylation sites (N-methyl/N-ethyl adjacent to an activating group) is 2. The molecular weight excluding hydrogens is 562 g/mol. The Balaban J connectivity index is 1.68. The van der Waals surface area contributed by atoms with Crippen LogP contribution in [0.3, 0.4) is 0 Å². The lowest BCUT2D eigenvalue weighted by atomic mass is 10.2. The van der Waals surface area contributed by atoms with E-state index in [0.717, 1.165) is 40.4 Å². The van der Waals surface area contributed by atoms with Crippen LogP contribution >= 0.6 is 23.4 Å². The van der Waals surface area contributed by atoms with Crippen LogP contribution in [-0.2, 0) is 4.79 Å². The van der Waals surface area contributed by atoms with Crippen LogP contribution in [0.1, 0.15) is 0 Å². The van der Waals surface area contributed by atoms with Crippen molar-refractivity contribution >= 4 is 74.8 Å². The van der Waals surface area contributed by atoms with Gasteiger partial charge in [-0.05, 0) is 44.6 Å². The van der Waals surface area contributed by atoms with Gasteiger partial charge < -0.3 is 30.5 Å². The van der Waals surface area contributed by atoms with E-state index < -0.39 is 0 Å². The Morgan fingerprint density at radius 3 is 2.56 bits per heavy atom. The average Bonchev–Trinajstić information content (AvgIpc) is 2.97. The first-order valence-corrected chi connectivity index (χ1v) is 14.2. The number of anilines is 6. The minimum absolute atomic E-state index is 0.274. The molecule has 0 saturated heterocycles. The highest BCUT2D eigenvalue weighted by Crippen LogP contribution is 2.39. The second kappa shape index (κ2) is 13.5. The van der Waals surface area contributed by atoms with E-state index in [4.69, 9.17) is 16.3 Å². The number of hydrogen-bond acceptors (Lipinski definition) is 11. The molecule has 0 aliphatic carbocycles. The first-order chi connectivity index (χ1) is 19.7. The molecule has 2 aromatic heterocycles. The molecule has 0 unspecified atom stereocenters. The summed E-state index contributed by atoms with van der Waals surface area (Å²) in [4.78, 5) is 35.2. The summed E-state index contributed by atoms with van der Waals surface area (Å²) in [5.41, 5.74) is 4.27. The lowest BCUT2D eigenvalue weighted by Crippen LogP contribution is -2.29. The third kappa shape index (κ3) is 7.15. The number of carbonyl (C=O) groups excluding carboxylic acids is 1. The van der Waals surface area contributed by atoms with Gasteiger partial charge >= 0.3 is 0 Å². The quantitative estimate of drug-likeness (QED) is 0.144. The van der Waals surface area contributed by atoms with E-state index >= 15 is 0 Å². The second-order valence-electron chi connectivity index (χ2n) is 9.20. The number of thioether (sulfide) groups is 1. The van der Waals surface area contributed by atoms with Crippen LogP contribution < -0.4 is 25.6 Å². The highest BCUT2D eigenvalue weighted by atomic mass is 35.5. The first-order valence-electron chi connectivity index (χ1n) is 12.6. The van der Waals surface area contributed by atoms with Crippen LogP contribution in [0.5, 0.6) is 5.75 Å². The number of amides is 1. The number of rotatable bonds is 12. The number of nitrogens with zero attached hydrogens (tertiary/aromatic N) is 6. The van der Waals surface area contributed by atoms with Gasteiger partial charge in [0.1, 0.15) is 16.3 Å². The lowest BCUT2D eigenvalue weighted by Gasteiger charge is -2.26. The van der Waals surface area contributed by atoms with Gasteiger partial charge in [0.2, 0.25) is 11.9 Å². The summed E-state index contributed by atoms with van der Waals surface area (Å²) in [6.07, 6.45) is 8.03. The largest absolute Gasteiger partial charge is 0.494 e. The van der Waals surface area contributed by atoms with Gasteiger partial charge in [-0.1, -0.05) is 18.2 Å². The first kappa shape index (κ1) is 29.8. The number of methoxy groups -OCH3 is 1. The van der Waals surface area contributed by atoms with E-state index in [1.807, 2.05) is 50.5 Å². The molecule has 0 spiro atoms. The summed E-state index contributed by atoms with van der Waals surface area (Å²) in [6, 6.07) is 7.43. The molecular formula is C28H32ClN9O2S. The average molecular weight is 594 g/mol. The van der Waals surface area contributed by atoms with E-state index in [-0.39, 0.29) is 11.9 Å². The fourth-order valence-corrected chi connectivity index (χ4v) is 4.81. The van der Waals surface area contributed by atoms with Crippen molar-refractivity contribution in [1.82, 2.24) is 24.8 Å². The van der Waals surface area contributed by atoms with E-state index in [0.29, 0.717) is 28.0 Å². The normalized spacial score (nSPS) is 10.9. The van der Waals surface area contributed by atoms with Crippen molar-refractivity contribution in [1.29, 1.82) is 0 Å². The Labute approximate surface area is 248 Å². The van der Waals surface area contributed by atoms with Gasteiger partial charge in [0.25, 0.3) is 0 Å². The number of ether oxygens (including phenoxy) is 1. The number of carbonyl (C=O) groups is 1. The highest BCUT2D eigenvalue weighted by Gasteiger charge is 2.18. The van der Waals surface area contributed by atoms with Crippen LogP contribution in [-0.4, -0.2) is 78.3 Å². The monoisotopic (exact) mass is 593 g/mol. The molecule has 4 aromatic rings. The molecule has 3 N–H and O–H groups in total. The highest BCUT2D eigenvalue weighted by molar-refractivity contribution is 7.99. The van der Waals surface area contributed by atoms with Crippen LogP contribution in [0.15, 0.2) is 60.4 Å². The number of benzene rings is 2. The smallest absolute Gasteiger partial charge is 0.247 e. The van der Waals surface area contributed by atoms with E-state index in [1.54, 1.807) is 37.3 Å². The van der Waals surface area contributed by atoms with Gasteiger partial charge in [0, 0.05) is 38.6 Å². The zero-order valence-corrected chi connectivity index (χ0v) is 25.1. The third-order valence-corrected chi connectivity index (χ3v) is 7.19. The summed E-state index contributed by atoms with van der Waals surface area (Å²) in [6.45, 7) is 5.13. The summed E-state index contributed by atoms with van der Waals surface area (Å²) < 4.78 is 5.70. The molecule has 41 heavy (non-hydrogen) atoms. The topological polar surface area (TPSA) is 120 Å². The van der Waals surface area contributed by atoms with Crippen molar-refractivity contribution in [3.8, 4) is 5.75 Å². The maximum Gasteiger partial charge on any atom is 0.247 e. The molecule has 13 heteroatoms. The molecule has 0 fully saturated rings. The summed E-state index contributed by atoms with van der Waals surface area (Å²) in [5.74, 6) is 0.888. The third-order valence-electron chi connectivity index (χ3n) is 6.10. The van der Waals surface area contributed by atoms with Crippen LogP contribution in [0, 0.1) is 0 Å². The SMILES string of the molecule is C=CC(=O)Nc1cc(Nc2ncc(Cl)c(Nc3ccc4nccnc4c3SC)n2)c(OC)cc1N(C)CCN(C)C. The molecule has 0 atom stereocenters. The van der Waals surface area contributed by atoms with Gasteiger partial charge in [-0.15, -0.1) is 11.8 Å². The molecule has 1 amide bonds. The molecule has 0 bridgehead atoms. The van der Waals surface area contributed by atoms with Crippen molar-refractivity contribution in [2.24, 2.45) is 0 Å². The molecule has 11 nitrogen and oxygen atoms in total. The van der Waals surface area contributed by atoms with Gasteiger partial charge in [0.15, 0.2) is 5.82 Å². The van der Waals surface area contributed by atoms with Crippen molar-refractivity contribution in [2.75, 3.05) is 68.4 Å². The van der Waals surface area contributed by atoms with Crippen LogP contribution in [0.2, 0.25) is 5.02 Å². The Kier molecular flexibility index (Phi) is 9.82. The summed E-state index contributed by atoms with van der Waals surface area (Å²) in [5, 5.41) is 9.74. The van der Waals surface area contributed by atoms with Gasteiger partial charge in [0.05, 0.1) is 46.5 Å². The standard InChI is InChI=1S/C28H32ClN9O2S/c1-7-24(39)33-20-14-21(23(40-5)15-22(20)38(4)13-12-37(2)3)35-28-32-16-17(29)27(36-28)34-19-9-8-18-25(26(19)41-6)31-11-10-30-18/h7-11,14-16H,1,12-13H2,2-6H3,(H,33,39)(H2,32,34,35,36). The minimum atomic E-state index is -0.331. The van der Waals surface area contributed by atoms with Crippen molar-refractivity contribution < 1.29 is 9.53 Å². The van der Waals surface area contributed by atoms with Gasteiger partial charge in [-0.3, -0.25) is 14.8 Å². The Hall–Kier alpha value is -4.13. The van der Waals surface area contributed by atoms with Crippen molar-refractivity contribution in [3.63, 3.8) is 0 Å². The zero-order valence-electron chi connectivity index (χ0n) is 23.5. The molecule has 4 rings (SSSR count). The fraction of sp³-hybridized carbons (Fsp3) is 0.250.